The van der Waals surface area contributed by atoms with E-state index in [0.717, 1.165) is 0 Å². The molecule has 0 fully saturated rings. The van der Waals surface area contributed by atoms with Crippen molar-refractivity contribution in [1.82, 2.24) is 10.6 Å². The SMILES string of the molecule is NC(=O)NC(=O)O.NC(=O)NC(=O)O.S. The Morgan fingerprint density at radius 1 is 0.800 bits per heavy atom. The summed E-state index contributed by atoms with van der Waals surface area (Å²) in [6.07, 6.45) is -2.87. The zero-order chi connectivity index (χ0) is 11.7. The Morgan fingerprint density at radius 3 is 1.00 bits per heavy atom. The second-order valence-corrected chi connectivity index (χ2v) is 1.59. The van der Waals surface area contributed by atoms with Crippen LogP contribution in [-0.4, -0.2) is 34.5 Å². The molecule has 10 nitrogen and oxygen atoms in total. The maximum atomic E-state index is 9.54. The predicted octanol–water partition coefficient (Wildman–Crippen LogP) is -1.22. The molecular formula is C4H10N4O6S. The number of urea groups is 2. The summed E-state index contributed by atoms with van der Waals surface area (Å²) >= 11 is 0. The molecule has 0 aromatic carbocycles. The monoisotopic (exact) mass is 242 g/mol. The minimum absolute atomic E-state index is 0. The van der Waals surface area contributed by atoms with Gasteiger partial charge in [-0.05, 0) is 0 Å². The van der Waals surface area contributed by atoms with E-state index in [4.69, 9.17) is 10.2 Å². The van der Waals surface area contributed by atoms with Crippen molar-refractivity contribution in [3.63, 3.8) is 0 Å². The lowest BCUT2D eigenvalue weighted by Crippen LogP contribution is -2.33. The van der Waals surface area contributed by atoms with E-state index in [1.54, 1.807) is 0 Å². The van der Waals surface area contributed by atoms with Gasteiger partial charge in [-0.3, -0.25) is 0 Å². The molecule has 0 bridgehead atoms. The summed E-state index contributed by atoms with van der Waals surface area (Å²) in [4.78, 5) is 37.9. The first kappa shape index (κ1) is 18.6. The van der Waals surface area contributed by atoms with Gasteiger partial charge in [0.1, 0.15) is 0 Å². The zero-order valence-corrected chi connectivity index (χ0v) is 8.18. The highest BCUT2D eigenvalue weighted by molar-refractivity contribution is 7.59. The van der Waals surface area contributed by atoms with Gasteiger partial charge in [-0.25, -0.2) is 29.8 Å². The molecule has 15 heavy (non-hydrogen) atoms. The number of rotatable bonds is 0. The Bertz CT molecular complexity index is 206. The third-order valence-corrected chi connectivity index (χ3v) is 0.460. The molecule has 0 atom stereocenters. The van der Waals surface area contributed by atoms with Crippen LogP contribution in [0.4, 0.5) is 19.2 Å². The number of nitrogens with one attached hydrogen (secondary N) is 2. The van der Waals surface area contributed by atoms with Gasteiger partial charge in [0, 0.05) is 0 Å². The summed E-state index contributed by atoms with van der Waals surface area (Å²) in [6, 6.07) is -2.13. The van der Waals surface area contributed by atoms with Crippen molar-refractivity contribution in [1.29, 1.82) is 0 Å². The molecule has 0 aliphatic carbocycles. The van der Waals surface area contributed by atoms with Crippen LogP contribution in [0.25, 0.3) is 0 Å². The van der Waals surface area contributed by atoms with Crippen molar-refractivity contribution in [2.24, 2.45) is 11.5 Å². The van der Waals surface area contributed by atoms with Crippen LogP contribution in [0, 0.1) is 0 Å². The maximum absolute atomic E-state index is 9.54. The van der Waals surface area contributed by atoms with Crippen LogP contribution in [0.1, 0.15) is 0 Å². The first-order valence-electron chi connectivity index (χ1n) is 2.84. The van der Waals surface area contributed by atoms with Crippen molar-refractivity contribution in [3.8, 4) is 0 Å². The van der Waals surface area contributed by atoms with Crippen LogP contribution in [-0.2, 0) is 0 Å². The summed E-state index contributed by atoms with van der Waals surface area (Å²) in [5.74, 6) is 0. The predicted molar refractivity (Wildman–Crippen MR) is 51.9 cm³/mol. The summed E-state index contributed by atoms with van der Waals surface area (Å²) in [7, 11) is 0. The molecular weight excluding hydrogens is 232 g/mol. The molecule has 0 unspecified atom stereocenters. The molecule has 88 valence electrons. The van der Waals surface area contributed by atoms with Crippen LogP contribution in [0.2, 0.25) is 0 Å². The molecule has 0 rings (SSSR count). The summed E-state index contributed by atoms with van der Waals surface area (Å²) in [5, 5.41) is 18.1. The molecule has 0 saturated carbocycles. The van der Waals surface area contributed by atoms with Gasteiger partial charge < -0.3 is 21.7 Å². The molecule has 0 aliphatic rings. The number of primary amides is 2. The fourth-order valence-electron chi connectivity index (χ4n) is 0.211. The highest BCUT2D eigenvalue weighted by atomic mass is 32.1. The van der Waals surface area contributed by atoms with E-state index < -0.39 is 24.2 Å². The number of carbonyl (C=O) groups excluding carboxylic acids is 2. The van der Waals surface area contributed by atoms with Gasteiger partial charge in [-0.2, -0.15) is 13.5 Å². The van der Waals surface area contributed by atoms with Gasteiger partial charge in [0.25, 0.3) is 0 Å². The number of imide groups is 2. The van der Waals surface area contributed by atoms with Crippen LogP contribution >= 0.6 is 13.5 Å². The van der Waals surface area contributed by atoms with E-state index >= 15 is 0 Å². The molecule has 0 aromatic heterocycles. The first-order chi connectivity index (χ1) is 6.25. The Kier molecular flexibility index (Phi) is 12.3. The van der Waals surface area contributed by atoms with Gasteiger partial charge in [0.15, 0.2) is 0 Å². The Balaban J connectivity index is -0.000000180. The van der Waals surface area contributed by atoms with Crippen LogP contribution in [0.5, 0.6) is 0 Å². The fourth-order valence-corrected chi connectivity index (χ4v) is 0.211. The third kappa shape index (κ3) is 33.6. The number of nitrogens with two attached hydrogens (primary N) is 2. The minimum Gasteiger partial charge on any atom is -0.465 e. The molecule has 8 N–H and O–H groups in total. The van der Waals surface area contributed by atoms with E-state index in [9.17, 15) is 19.2 Å². The maximum Gasteiger partial charge on any atom is 0.412 e. The highest BCUT2D eigenvalue weighted by Crippen LogP contribution is 1.56. The normalized spacial score (nSPS) is 6.93. The van der Waals surface area contributed by atoms with E-state index in [-0.39, 0.29) is 13.5 Å². The molecule has 0 aliphatic heterocycles. The van der Waals surface area contributed by atoms with Gasteiger partial charge in [0.05, 0.1) is 0 Å². The van der Waals surface area contributed by atoms with Crippen LogP contribution < -0.4 is 22.1 Å². The second-order valence-electron chi connectivity index (χ2n) is 1.59. The molecule has 6 amide bonds. The average Bonchev–Trinajstić information content (AvgIpc) is 1.79. The van der Waals surface area contributed by atoms with Crippen molar-refractivity contribution in [2.75, 3.05) is 0 Å². The Morgan fingerprint density at radius 2 is 1.00 bits per heavy atom. The van der Waals surface area contributed by atoms with Crippen LogP contribution in [0.3, 0.4) is 0 Å². The van der Waals surface area contributed by atoms with Crippen molar-refractivity contribution in [2.45, 2.75) is 0 Å². The lowest BCUT2D eigenvalue weighted by atomic mass is 11.0. The fraction of sp³-hybridized carbons (Fsp3) is 0. The molecule has 0 spiro atoms. The van der Waals surface area contributed by atoms with Crippen LogP contribution in [0.15, 0.2) is 0 Å². The van der Waals surface area contributed by atoms with Gasteiger partial charge in [-0.1, -0.05) is 0 Å². The quantitative estimate of drug-likeness (QED) is 0.309. The second kappa shape index (κ2) is 9.91. The number of carbonyl (C=O) groups is 4. The Hall–Kier alpha value is -2.17. The van der Waals surface area contributed by atoms with Crippen molar-refractivity contribution < 1.29 is 29.4 Å². The van der Waals surface area contributed by atoms with Gasteiger partial charge in [0.2, 0.25) is 0 Å². The molecule has 0 heterocycles. The topological polar surface area (TPSA) is 185 Å². The molecule has 0 aromatic rings. The standard InChI is InChI=1S/2C2H4N2O3.H2S/c2*3-1(5)4-2(6)7;/h2*(H,6,7)(H3,3,4,5);1H2. The average molecular weight is 242 g/mol. The number of amides is 6. The van der Waals surface area contributed by atoms with E-state index in [1.165, 1.54) is 10.6 Å². The number of carboxylic acid groups (broad SMARTS) is 2. The third-order valence-electron chi connectivity index (χ3n) is 0.460. The largest absolute Gasteiger partial charge is 0.465 e. The van der Waals surface area contributed by atoms with E-state index in [2.05, 4.69) is 11.5 Å². The number of hydrogen-bond acceptors (Lipinski definition) is 4. The minimum atomic E-state index is -1.44. The number of hydrogen-bond donors (Lipinski definition) is 6. The Labute approximate surface area is 90.0 Å². The highest BCUT2D eigenvalue weighted by Gasteiger charge is 1.95. The zero-order valence-electron chi connectivity index (χ0n) is 7.18. The smallest absolute Gasteiger partial charge is 0.412 e. The lowest BCUT2D eigenvalue weighted by molar-refractivity contribution is 0.191. The van der Waals surface area contributed by atoms with Gasteiger partial charge in [-0.15, -0.1) is 0 Å². The lowest BCUT2D eigenvalue weighted by Gasteiger charge is -1.86. The molecule has 0 saturated heterocycles. The first-order valence-corrected chi connectivity index (χ1v) is 2.84. The molecule has 0 radical (unpaired) electrons. The van der Waals surface area contributed by atoms with E-state index in [1.807, 2.05) is 0 Å². The van der Waals surface area contributed by atoms with Crippen molar-refractivity contribution in [3.05, 3.63) is 0 Å². The van der Waals surface area contributed by atoms with Crippen molar-refractivity contribution >= 4 is 37.7 Å². The van der Waals surface area contributed by atoms with E-state index in [0.29, 0.717) is 0 Å². The summed E-state index contributed by atoms with van der Waals surface area (Å²) in [6.45, 7) is 0. The summed E-state index contributed by atoms with van der Waals surface area (Å²) < 4.78 is 0. The molecule has 11 heteroatoms. The van der Waals surface area contributed by atoms with Gasteiger partial charge >= 0.3 is 24.2 Å². The summed E-state index contributed by atoms with van der Waals surface area (Å²) in [5.41, 5.74) is 8.72.